The molecule has 0 aliphatic rings. The molecule has 0 saturated carbocycles. The van der Waals surface area contributed by atoms with Gasteiger partial charge in [0.15, 0.2) is 0 Å². The van der Waals surface area contributed by atoms with Crippen LogP contribution >= 0.6 is 0 Å². The Hall–Kier alpha value is -1.25. The van der Waals surface area contributed by atoms with Crippen molar-refractivity contribution in [1.82, 2.24) is 9.78 Å². The fourth-order valence-electron chi connectivity index (χ4n) is 1.83. The Kier molecular flexibility index (Phi) is 5.09. The summed E-state index contributed by atoms with van der Waals surface area (Å²) in [7, 11) is 1.97. The minimum absolute atomic E-state index is 0.521. The van der Waals surface area contributed by atoms with Gasteiger partial charge in [-0.1, -0.05) is 19.9 Å². The van der Waals surface area contributed by atoms with E-state index < -0.39 is 0 Å². The second kappa shape index (κ2) is 6.36. The molecule has 0 bridgehead atoms. The predicted molar refractivity (Wildman–Crippen MR) is 69.7 cm³/mol. The third-order valence-corrected chi connectivity index (χ3v) is 2.81. The summed E-state index contributed by atoms with van der Waals surface area (Å²) in [5.41, 5.74) is 2.33. The summed E-state index contributed by atoms with van der Waals surface area (Å²) in [4.78, 5) is 0. The largest absolute Gasteiger partial charge is 0.380 e. The van der Waals surface area contributed by atoms with Crippen molar-refractivity contribution in [2.45, 2.75) is 45.6 Å². The van der Waals surface area contributed by atoms with Crippen LogP contribution in [0, 0.1) is 0 Å². The van der Waals surface area contributed by atoms with Gasteiger partial charge >= 0.3 is 0 Å². The minimum atomic E-state index is 0.521. The zero-order valence-corrected chi connectivity index (χ0v) is 10.7. The van der Waals surface area contributed by atoms with Crippen molar-refractivity contribution in [3.63, 3.8) is 0 Å². The van der Waals surface area contributed by atoms with Crippen LogP contribution in [0.3, 0.4) is 0 Å². The SMILES string of the molecule is C=CCCC(CC)Nc1cn(C)nc1CC. The van der Waals surface area contributed by atoms with Crippen molar-refractivity contribution in [3.8, 4) is 0 Å². The van der Waals surface area contributed by atoms with E-state index in [0.717, 1.165) is 31.4 Å². The Morgan fingerprint density at radius 1 is 1.56 bits per heavy atom. The number of rotatable bonds is 7. The molecule has 1 heterocycles. The lowest BCUT2D eigenvalue weighted by atomic mass is 10.1. The fourth-order valence-corrected chi connectivity index (χ4v) is 1.83. The molecule has 0 aromatic carbocycles. The number of aryl methyl sites for hydroxylation is 2. The van der Waals surface area contributed by atoms with Crippen LogP contribution in [0.1, 0.15) is 38.8 Å². The number of hydrogen-bond donors (Lipinski definition) is 1. The second-order valence-electron chi connectivity index (χ2n) is 4.13. The molecule has 0 aliphatic carbocycles. The number of anilines is 1. The Labute approximate surface area is 98.5 Å². The molecular weight excluding hydrogens is 198 g/mol. The van der Waals surface area contributed by atoms with Gasteiger partial charge in [-0.2, -0.15) is 5.10 Å². The van der Waals surface area contributed by atoms with E-state index in [2.05, 4.69) is 37.0 Å². The molecule has 16 heavy (non-hydrogen) atoms. The molecule has 0 aliphatic heterocycles. The molecule has 1 N–H and O–H groups in total. The smallest absolute Gasteiger partial charge is 0.0853 e. The first kappa shape index (κ1) is 12.8. The molecule has 3 heteroatoms. The molecular formula is C13H23N3. The number of nitrogens with zero attached hydrogens (tertiary/aromatic N) is 2. The number of allylic oxidation sites excluding steroid dienone is 1. The Bertz CT molecular complexity index is 328. The second-order valence-corrected chi connectivity index (χ2v) is 4.13. The van der Waals surface area contributed by atoms with Crippen molar-refractivity contribution in [1.29, 1.82) is 0 Å². The van der Waals surface area contributed by atoms with E-state index in [0.29, 0.717) is 6.04 Å². The summed E-state index contributed by atoms with van der Waals surface area (Å²) in [5.74, 6) is 0. The van der Waals surface area contributed by atoms with Crippen LogP contribution in [0.15, 0.2) is 18.9 Å². The molecule has 0 amide bonds. The molecule has 0 radical (unpaired) electrons. The summed E-state index contributed by atoms with van der Waals surface area (Å²) in [5, 5.41) is 8.00. The van der Waals surface area contributed by atoms with Crippen LogP contribution in [0.25, 0.3) is 0 Å². The third kappa shape index (κ3) is 3.40. The topological polar surface area (TPSA) is 29.9 Å². The van der Waals surface area contributed by atoms with Gasteiger partial charge in [0, 0.05) is 19.3 Å². The molecule has 0 fully saturated rings. The highest BCUT2D eigenvalue weighted by Crippen LogP contribution is 2.17. The monoisotopic (exact) mass is 221 g/mol. The lowest BCUT2D eigenvalue weighted by Crippen LogP contribution is -2.18. The predicted octanol–water partition coefficient (Wildman–Crippen LogP) is 3.14. The average Bonchev–Trinajstić information content (AvgIpc) is 2.64. The number of hydrogen-bond acceptors (Lipinski definition) is 2. The standard InChI is InChI=1S/C13H23N3/c1-5-8-9-11(6-2)14-13-10-16(4)15-12(13)7-3/h5,10-11,14H,1,6-9H2,2-4H3. The first-order valence-corrected chi connectivity index (χ1v) is 6.11. The van der Waals surface area contributed by atoms with Crippen molar-refractivity contribution in [2.24, 2.45) is 7.05 Å². The maximum absolute atomic E-state index is 4.43. The fraction of sp³-hybridized carbons (Fsp3) is 0.615. The van der Waals surface area contributed by atoms with Crippen LogP contribution in [0.4, 0.5) is 5.69 Å². The summed E-state index contributed by atoms with van der Waals surface area (Å²) < 4.78 is 1.88. The van der Waals surface area contributed by atoms with Crippen molar-refractivity contribution >= 4 is 5.69 Å². The van der Waals surface area contributed by atoms with E-state index in [1.165, 1.54) is 5.69 Å². The summed E-state index contributed by atoms with van der Waals surface area (Å²) in [6.45, 7) is 8.12. The van der Waals surface area contributed by atoms with Gasteiger partial charge in [0.2, 0.25) is 0 Å². The van der Waals surface area contributed by atoms with Crippen molar-refractivity contribution < 1.29 is 0 Å². The Morgan fingerprint density at radius 2 is 2.31 bits per heavy atom. The third-order valence-electron chi connectivity index (χ3n) is 2.81. The van der Waals surface area contributed by atoms with E-state index in [1.807, 2.05) is 17.8 Å². The van der Waals surface area contributed by atoms with E-state index in [4.69, 9.17) is 0 Å². The van der Waals surface area contributed by atoms with Gasteiger partial charge in [-0.3, -0.25) is 4.68 Å². The zero-order valence-electron chi connectivity index (χ0n) is 10.7. The molecule has 90 valence electrons. The summed E-state index contributed by atoms with van der Waals surface area (Å²) >= 11 is 0. The lowest BCUT2D eigenvalue weighted by molar-refractivity contribution is 0.641. The first-order valence-electron chi connectivity index (χ1n) is 6.11. The van der Waals surface area contributed by atoms with E-state index in [-0.39, 0.29) is 0 Å². The lowest BCUT2D eigenvalue weighted by Gasteiger charge is -2.16. The van der Waals surface area contributed by atoms with Crippen LogP contribution in [0.5, 0.6) is 0 Å². The van der Waals surface area contributed by atoms with Gasteiger partial charge in [-0.25, -0.2) is 0 Å². The molecule has 1 aromatic rings. The van der Waals surface area contributed by atoms with Gasteiger partial charge in [0.05, 0.1) is 11.4 Å². The van der Waals surface area contributed by atoms with Gasteiger partial charge in [-0.15, -0.1) is 6.58 Å². The maximum atomic E-state index is 4.43. The Balaban J connectivity index is 2.64. The highest BCUT2D eigenvalue weighted by atomic mass is 15.3. The highest BCUT2D eigenvalue weighted by molar-refractivity contribution is 5.47. The minimum Gasteiger partial charge on any atom is -0.380 e. The average molecular weight is 221 g/mol. The van der Waals surface area contributed by atoms with Crippen LogP contribution in [0.2, 0.25) is 0 Å². The van der Waals surface area contributed by atoms with Crippen LogP contribution in [-0.4, -0.2) is 15.8 Å². The number of aromatic nitrogens is 2. The van der Waals surface area contributed by atoms with Gasteiger partial charge in [0.25, 0.3) is 0 Å². The van der Waals surface area contributed by atoms with Crippen LogP contribution in [-0.2, 0) is 13.5 Å². The zero-order chi connectivity index (χ0) is 12.0. The van der Waals surface area contributed by atoms with Gasteiger partial charge in [0.1, 0.15) is 0 Å². The normalized spacial score (nSPS) is 12.4. The van der Waals surface area contributed by atoms with Crippen molar-refractivity contribution in [3.05, 3.63) is 24.5 Å². The molecule has 1 rings (SSSR count). The molecule has 0 spiro atoms. The molecule has 1 atom stereocenters. The van der Waals surface area contributed by atoms with E-state index in [9.17, 15) is 0 Å². The van der Waals surface area contributed by atoms with E-state index >= 15 is 0 Å². The van der Waals surface area contributed by atoms with Gasteiger partial charge < -0.3 is 5.32 Å². The molecule has 1 unspecified atom stereocenters. The maximum Gasteiger partial charge on any atom is 0.0853 e. The van der Waals surface area contributed by atoms with Crippen molar-refractivity contribution in [2.75, 3.05) is 5.32 Å². The quantitative estimate of drug-likeness (QED) is 0.717. The Morgan fingerprint density at radius 3 is 2.88 bits per heavy atom. The van der Waals surface area contributed by atoms with Gasteiger partial charge in [-0.05, 0) is 25.7 Å². The summed E-state index contributed by atoms with van der Waals surface area (Å²) in [6, 6.07) is 0.521. The number of nitrogens with one attached hydrogen (secondary N) is 1. The molecule has 0 saturated heterocycles. The van der Waals surface area contributed by atoms with E-state index in [1.54, 1.807) is 0 Å². The summed E-state index contributed by atoms with van der Waals surface area (Å²) in [6.07, 6.45) is 8.35. The van der Waals surface area contributed by atoms with Crippen LogP contribution < -0.4 is 5.32 Å². The molecule has 1 aromatic heterocycles. The first-order chi connectivity index (χ1) is 7.71. The molecule has 3 nitrogen and oxygen atoms in total. The highest BCUT2D eigenvalue weighted by Gasteiger charge is 2.10.